The fourth-order valence-electron chi connectivity index (χ4n) is 5.63. The van der Waals surface area contributed by atoms with Crippen LogP contribution in [-0.2, 0) is 9.61 Å². The van der Waals surface area contributed by atoms with E-state index in [0.29, 0.717) is 0 Å². The summed E-state index contributed by atoms with van der Waals surface area (Å²) in [5.74, 6) is 1.02. The number of fused-ring (bicyclic) bond motifs is 2. The number of anilines is 1. The second-order valence-electron chi connectivity index (χ2n) is 9.29. The number of nitrogens with zero attached hydrogens (tertiary/aromatic N) is 5. The van der Waals surface area contributed by atoms with Gasteiger partial charge in [0, 0.05) is 61.3 Å². The predicted molar refractivity (Wildman–Crippen MR) is 145 cm³/mol. The molecule has 3 N–H and O–H groups in total. The van der Waals surface area contributed by atoms with Crippen LogP contribution in [0.2, 0.25) is 0 Å². The summed E-state index contributed by atoms with van der Waals surface area (Å²) in [4.78, 5) is 15.3. The first-order valence-corrected chi connectivity index (χ1v) is 14.1. The van der Waals surface area contributed by atoms with Crippen molar-refractivity contribution in [2.45, 2.75) is 10.9 Å². The van der Waals surface area contributed by atoms with E-state index in [0.717, 1.165) is 79.4 Å². The molecule has 0 radical (unpaired) electrons. The molecular weight excluding hydrogens is 492 g/mol. The van der Waals surface area contributed by atoms with Gasteiger partial charge in [-0.15, -0.1) is 11.3 Å². The largest absolute Gasteiger partial charge is 0.378 e. The summed E-state index contributed by atoms with van der Waals surface area (Å²) in [6.45, 7) is 7.09. The lowest BCUT2D eigenvalue weighted by molar-refractivity contribution is 0.122. The van der Waals surface area contributed by atoms with Gasteiger partial charge in [0.15, 0.2) is 0 Å². The Balaban J connectivity index is 1.40. The van der Waals surface area contributed by atoms with Crippen molar-refractivity contribution < 1.29 is 4.74 Å². The number of hydrogen-bond acceptors (Lipinski definition) is 10. The van der Waals surface area contributed by atoms with Crippen LogP contribution < -0.4 is 15.5 Å². The van der Waals surface area contributed by atoms with E-state index >= 15 is 0 Å². The highest BCUT2D eigenvalue weighted by molar-refractivity contribution is 8.03. The molecule has 2 unspecified atom stereocenters. The number of ether oxygens (including phenoxy) is 1. The van der Waals surface area contributed by atoms with Gasteiger partial charge in [0.25, 0.3) is 0 Å². The number of hydrogen-bond donors (Lipinski definition) is 3. The Bertz CT molecular complexity index is 1400. The molecule has 2 fully saturated rings. The van der Waals surface area contributed by atoms with Gasteiger partial charge in [0.05, 0.1) is 41.2 Å². The number of aromatic amines is 1. The zero-order valence-electron chi connectivity index (χ0n) is 19.8. The number of rotatable bonds is 5. The monoisotopic (exact) mass is 520 g/mol. The lowest BCUT2D eigenvalue weighted by Gasteiger charge is -2.45. The van der Waals surface area contributed by atoms with Gasteiger partial charge in [-0.1, -0.05) is 23.9 Å². The summed E-state index contributed by atoms with van der Waals surface area (Å²) >= 11 is 3.68. The van der Waals surface area contributed by atoms with Crippen molar-refractivity contribution in [2.75, 3.05) is 57.4 Å². The second kappa shape index (κ2) is 9.31. The molecular formula is C25H28N8OS2. The minimum atomic E-state index is -0.395. The van der Waals surface area contributed by atoms with E-state index < -0.39 is 4.87 Å². The standard InChI is InChI=1S/C25H28N8OS2/c1-2-18(17-15-30-31-19(17)3-1)25(29-6-13-35-25)23(32-7-4-26-5-8-32)21-14-20-22(36-21)24(28-16-27-20)33-9-11-34-12-10-33/h1-3,6,13-16,23,26,29H,4-5,7-12H2,(H,30,31). The maximum absolute atomic E-state index is 5.59. The van der Waals surface area contributed by atoms with Crippen molar-refractivity contribution in [3.8, 4) is 0 Å². The predicted octanol–water partition coefficient (Wildman–Crippen LogP) is 3.01. The molecule has 2 saturated heterocycles. The van der Waals surface area contributed by atoms with Gasteiger partial charge in [-0.3, -0.25) is 10.00 Å². The van der Waals surface area contributed by atoms with E-state index in [-0.39, 0.29) is 6.04 Å². The SMILES string of the molecule is C1=CSC(c2cccc3[nH]ncc23)(C(c2cc3ncnc(N4CCOCC4)c3s2)N2CCNCC2)N1. The van der Waals surface area contributed by atoms with E-state index in [1.54, 1.807) is 6.33 Å². The zero-order valence-corrected chi connectivity index (χ0v) is 21.4. The lowest BCUT2D eigenvalue weighted by atomic mass is 9.92. The maximum Gasteiger partial charge on any atom is 0.150 e. The third-order valence-corrected chi connectivity index (χ3v) is 9.68. The van der Waals surface area contributed by atoms with Crippen LogP contribution in [0.3, 0.4) is 0 Å². The van der Waals surface area contributed by atoms with Crippen molar-refractivity contribution in [1.29, 1.82) is 0 Å². The summed E-state index contributed by atoms with van der Waals surface area (Å²) in [6.07, 6.45) is 5.75. The minimum absolute atomic E-state index is 0.0943. The van der Waals surface area contributed by atoms with Gasteiger partial charge >= 0.3 is 0 Å². The quantitative estimate of drug-likeness (QED) is 0.367. The summed E-state index contributed by atoms with van der Waals surface area (Å²) in [7, 11) is 0. The van der Waals surface area contributed by atoms with Crippen LogP contribution in [-0.4, -0.2) is 77.5 Å². The highest BCUT2D eigenvalue weighted by Gasteiger charge is 2.48. The minimum Gasteiger partial charge on any atom is -0.378 e. The molecule has 0 saturated carbocycles. The Morgan fingerprint density at radius 1 is 1.08 bits per heavy atom. The number of aromatic nitrogens is 4. The Morgan fingerprint density at radius 2 is 1.97 bits per heavy atom. The first kappa shape index (κ1) is 22.5. The molecule has 1 aromatic carbocycles. The Morgan fingerprint density at radius 3 is 2.81 bits per heavy atom. The van der Waals surface area contributed by atoms with Crippen LogP contribution >= 0.6 is 23.1 Å². The number of thiophene rings is 1. The van der Waals surface area contributed by atoms with Crippen molar-refractivity contribution in [3.05, 3.63) is 58.8 Å². The van der Waals surface area contributed by atoms with Crippen LogP contribution in [0.15, 0.2) is 48.4 Å². The molecule has 3 aromatic heterocycles. The first-order chi connectivity index (χ1) is 17.8. The second-order valence-corrected chi connectivity index (χ2v) is 11.5. The number of piperazine rings is 1. The lowest BCUT2D eigenvalue weighted by Crippen LogP contribution is -2.53. The zero-order chi connectivity index (χ0) is 24.0. The summed E-state index contributed by atoms with van der Waals surface area (Å²) < 4.78 is 6.75. The van der Waals surface area contributed by atoms with Gasteiger partial charge in [0.2, 0.25) is 0 Å². The summed E-state index contributed by atoms with van der Waals surface area (Å²) in [5, 5.41) is 18.2. The number of morpholine rings is 1. The van der Waals surface area contributed by atoms with E-state index in [1.807, 2.05) is 29.3 Å². The van der Waals surface area contributed by atoms with Crippen molar-refractivity contribution >= 4 is 50.0 Å². The molecule has 0 aliphatic carbocycles. The highest BCUT2D eigenvalue weighted by atomic mass is 32.2. The molecule has 0 bridgehead atoms. The average Bonchev–Trinajstić information content (AvgIpc) is 3.70. The van der Waals surface area contributed by atoms with Crippen molar-refractivity contribution in [3.63, 3.8) is 0 Å². The molecule has 3 aliphatic heterocycles. The molecule has 4 aromatic rings. The van der Waals surface area contributed by atoms with Gasteiger partial charge < -0.3 is 20.3 Å². The van der Waals surface area contributed by atoms with Crippen LogP contribution in [0, 0.1) is 0 Å². The topological polar surface area (TPSA) is 94.2 Å². The summed E-state index contributed by atoms with van der Waals surface area (Å²) in [5.41, 5.74) is 3.31. The molecule has 11 heteroatoms. The molecule has 3 aliphatic rings. The number of benzene rings is 1. The van der Waals surface area contributed by atoms with Crippen LogP contribution in [0.25, 0.3) is 21.1 Å². The average molecular weight is 521 g/mol. The molecule has 9 nitrogen and oxygen atoms in total. The number of nitrogens with one attached hydrogen (secondary N) is 3. The van der Waals surface area contributed by atoms with Gasteiger partial charge in [-0.2, -0.15) is 5.10 Å². The molecule has 186 valence electrons. The van der Waals surface area contributed by atoms with Crippen molar-refractivity contribution in [2.24, 2.45) is 0 Å². The normalized spacial score (nSPS) is 23.9. The molecule has 2 atom stereocenters. The van der Waals surface area contributed by atoms with Gasteiger partial charge in [-0.05, 0) is 17.5 Å². The smallest absolute Gasteiger partial charge is 0.150 e. The van der Waals surface area contributed by atoms with Gasteiger partial charge in [0.1, 0.15) is 17.0 Å². The van der Waals surface area contributed by atoms with Crippen LogP contribution in [0.1, 0.15) is 16.5 Å². The molecule has 36 heavy (non-hydrogen) atoms. The van der Waals surface area contributed by atoms with E-state index in [2.05, 4.69) is 66.5 Å². The third-order valence-electron chi connectivity index (χ3n) is 7.30. The van der Waals surface area contributed by atoms with Crippen LogP contribution in [0.4, 0.5) is 5.82 Å². The fourth-order valence-corrected chi connectivity index (χ4v) is 8.23. The molecule has 7 rings (SSSR count). The molecule has 0 spiro atoms. The molecule has 6 heterocycles. The maximum atomic E-state index is 5.59. The molecule has 0 amide bonds. The Labute approximate surface area is 217 Å². The Kier molecular flexibility index (Phi) is 5.82. The first-order valence-electron chi connectivity index (χ1n) is 12.4. The van der Waals surface area contributed by atoms with Gasteiger partial charge in [-0.25, -0.2) is 9.97 Å². The Hall–Kier alpha value is -2.70. The van der Waals surface area contributed by atoms with E-state index in [4.69, 9.17) is 14.7 Å². The highest BCUT2D eigenvalue weighted by Crippen LogP contribution is 2.54. The third kappa shape index (κ3) is 3.69. The van der Waals surface area contributed by atoms with E-state index in [9.17, 15) is 0 Å². The number of thioether (sulfide) groups is 1. The van der Waals surface area contributed by atoms with E-state index in [1.165, 1.54) is 10.4 Å². The van der Waals surface area contributed by atoms with Crippen LogP contribution in [0.5, 0.6) is 0 Å². The van der Waals surface area contributed by atoms with Crippen molar-refractivity contribution in [1.82, 2.24) is 35.7 Å². The fraction of sp³-hybridized carbons (Fsp3) is 0.400. The summed E-state index contributed by atoms with van der Waals surface area (Å²) in [6, 6.07) is 8.84. The number of H-pyrrole nitrogens is 1.